The lowest BCUT2D eigenvalue weighted by molar-refractivity contribution is -0.139. The topological polar surface area (TPSA) is 66.8 Å². The smallest absolute Gasteiger partial charge is 0.303 e. The number of aliphatic carboxylic acids is 1. The molecular formula is C16H32O4S2. The first-order valence-corrected chi connectivity index (χ1v) is 10.1. The number of carboxylic acids is 1. The minimum Gasteiger partial charge on any atom is -0.481 e. The molecule has 0 atom stereocenters. The SMILES string of the molecule is CC(C)(CCSCCSCCC(C)(C)CC(=O)O)COCO. The molecule has 0 fully saturated rings. The molecule has 0 saturated heterocycles. The minimum atomic E-state index is -0.710. The molecule has 2 N–H and O–H groups in total. The molecule has 6 heteroatoms. The molecule has 0 bridgehead atoms. The highest BCUT2D eigenvalue weighted by Crippen LogP contribution is 2.27. The molecule has 0 aromatic carbocycles. The van der Waals surface area contributed by atoms with E-state index in [0.29, 0.717) is 6.61 Å². The van der Waals surface area contributed by atoms with Gasteiger partial charge in [-0.1, -0.05) is 27.7 Å². The van der Waals surface area contributed by atoms with Crippen LogP contribution in [0.2, 0.25) is 0 Å². The number of hydrogen-bond donors (Lipinski definition) is 2. The average molecular weight is 353 g/mol. The van der Waals surface area contributed by atoms with E-state index in [4.69, 9.17) is 14.9 Å². The van der Waals surface area contributed by atoms with E-state index in [9.17, 15) is 4.79 Å². The first-order valence-electron chi connectivity index (χ1n) is 7.74. The van der Waals surface area contributed by atoms with Crippen LogP contribution in [0.1, 0.15) is 47.0 Å². The monoisotopic (exact) mass is 352 g/mol. The van der Waals surface area contributed by atoms with E-state index in [1.165, 1.54) is 0 Å². The van der Waals surface area contributed by atoms with Crippen molar-refractivity contribution in [2.24, 2.45) is 10.8 Å². The molecule has 0 heterocycles. The number of carboxylic acid groups (broad SMARTS) is 1. The first-order chi connectivity index (χ1) is 10.2. The zero-order valence-electron chi connectivity index (χ0n) is 14.4. The predicted molar refractivity (Wildman–Crippen MR) is 96.7 cm³/mol. The highest BCUT2D eigenvalue weighted by Gasteiger charge is 2.21. The Balaban J connectivity index is 3.53. The highest BCUT2D eigenvalue weighted by atomic mass is 32.2. The quantitative estimate of drug-likeness (QED) is 0.367. The van der Waals surface area contributed by atoms with Crippen molar-refractivity contribution in [1.82, 2.24) is 0 Å². The summed E-state index contributed by atoms with van der Waals surface area (Å²) in [6, 6.07) is 0. The first kappa shape index (κ1) is 22.1. The average Bonchev–Trinajstić information content (AvgIpc) is 2.38. The van der Waals surface area contributed by atoms with Gasteiger partial charge in [0.15, 0.2) is 0 Å². The molecule has 0 radical (unpaired) electrons. The number of ether oxygens (including phenoxy) is 1. The molecule has 0 amide bonds. The van der Waals surface area contributed by atoms with Crippen LogP contribution in [-0.4, -0.2) is 52.6 Å². The zero-order chi connectivity index (χ0) is 17.1. The Bertz CT molecular complexity index is 307. The maximum Gasteiger partial charge on any atom is 0.303 e. The van der Waals surface area contributed by atoms with Crippen molar-refractivity contribution >= 4 is 29.5 Å². The summed E-state index contributed by atoms with van der Waals surface area (Å²) in [4.78, 5) is 10.7. The molecule has 0 aliphatic carbocycles. The predicted octanol–water partition coefficient (Wildman–Crippen LogP) is 3.73. The fraction of sp³-hybridized carbons (Fsp3) is 0.938. The summed E-state index contributed by atoms with van der Waals surface area (Å²) in [6.45, 7) is 8.74. The van der Waals surface area contributed by atoms with Gasteiger partial charge < -0.3 is 14.9 Å². The standard InChI is InChI=1S/C16H32O4S2/c1-15(2,11-14(18)19)5-7-21-9-10-22-8-6-16(3,4)12-20-13-17/h17H,5-13H2,1-4H3,(H,18,19). The second-order valence-corrected chi connectivity index (χ2v) is 9.55. The third-order valence-corrected chi connectivity index (χ3v) is 5.66. The van der Waals surface area contributed by atoms with E-state index >= 15 is 0 Å². The minimum absolute atomic E-state index is 0.108. The Labute approximate surface area is 143 Å². The van der Waals surface area contributed by atoms with Crippen LogP contribution in [0, 0.1) is 10.8 Å². The molecule has 0 aromatic rings. The summed E-state index contributed by atoms with van der Waals surface area (Å²) in [6.07, 6.45) is 2.27. The van der Waals surface area contributed by atoms with Crippen molar-refractivity contribution in [3.63, 3.8) is 0 Å². The van der Waals surface area contributed by atoms with Crippen molar-refractivity contribution in [1.29, 1.82) is 0 Å². The van der Waals surface area contributed by atoms with Gasteiger partial charge in [-0.25, -0.2) is 0 Å². The molecule has 22 heavy (non-hydrogen) atoms. The maximum absolute atomic E-state index is 10.7. The summed E-state index contributed by atoms with van der Waals surface area (Å²) in [5.74, 6) is 3.66. The summed E-state index contributed by atoms with van der Waals surface area (Å²) in [5.41, 5.74) is 0.00638. The lowest BCUT2D eigenvalue weighted by Gasteiger charge is -2.23. The number of aliphatic hydroxyl groups excluding tert-OH is 1. The molecule has 132 valence electrons. The number of thioether (sulfide) groups is 2. The van der Waals surface area contributed by atoms with Gasteiger partial charge in [-0.05, 0) is 35.2 Å². The molecule has 0 unspecified atom stereocenters. The van der Waals surface area contributed by atoms with Crippen molar-refractivity contribution in [2.45, 2.75) is 47.0 Å². The van der Waals surface area contributed by atoms with Gasteiger partial charge in [-0.3, -0.25) is 4.79 Å². The normalized spacial score (nSPS) is 12.6. The zero-order valence-corrected chi connectivity index (χ0v) is 16.0. The molecule has 0 aliphatic heterocycles. The Hall–Kier alpha value is 0.0900. The lowest BCUT2D eigenvalue weighted by atomic mass is 9.87. The number of aliphatic hydroxyl groups is 1. The van der Waals surface area contributed by atoms with Crippen LogP contribution < -0.4 is 0 Å². The highest BCUT2D eigenvalue weighted by molar-refractivity contribution is 8.02. The summed E-state index contributed by atoms with van der Waals surface area (Å²) >= 11 is 3.86. The summed E-state index contributed by atoms with van der Waals surface area (Å²) < 4.78 is 5.07. The van der Waals surface area contributed by atoms with Gasteiger partial charge in [0.05, 0.1) is 13.0 Å². The van der Waals surface area contributed by atoms with Crippen LogP contribution >= 0.6 is 23.5 Å². The van der Waals surface area contributed by atoms with E-state index in [1.54, 1.807) is 0 Å². The van der Waals surface area contributed by atoms with Crippen LogP contribution in [0.15, 0.2) is 0 Å². The van der Waals surface area contributed by atoms with Crippen LogP contribution in [0.5, 0.6) is 0 Å². The lowest BCUT2D eigenvalue weighted by Crippen LogP contribution is -2.20. The van der Waals surface area contributed by atoms with E-state index < -0.39 is 5.97 Å². The third-order valence-electron chi connectivity index (χ3n) is 3.43. The Morgan fingerprint density at radius 3 is 1.91 bits per heavy atom. The Morgan fingerprint density at radius 1 is 0.955 bits per heavy atom. The Kier molecular flexibility index (Phi) is 11.6. The van der Waals surface area contributed by atoms with Crippen molar-refractivity contribution in [3.8, 4) is 0 Å². The van der Waals surface area contributed by atoms with Crippen molar-refractivity contribution < 1.29 is 19.7 Å². The molecule has 0 spiro atoms. The van der Waals surface area contributed by atoms with Gasteiger partial charge in [0.25, 0.3) is 0 Å². The van der Waals surface area contributed by atoms with Gasteiger partial charge in [-0.2, -0.15) is 23.5 Å². The fourth-order valence-electron chi connectivity index (χ4n) is 1.91. The Morgan fingerprint density at radius 2 is 1.45 bits per heavy atom. The molecule has 0 aliphatic rings. The maximum atomic E-state index is 10.7. The van der Waals surface area contributed by atoms with Crippen molar-refractivity contribution in [3.05, 3.63) is 0 Å². The largest absolute Gasteiger partial charge is 0.481 e. The molecular weight excluding hydrogens is 320 g/mol. The van der Waals surface area contributed by atoms with Gasteiger partial charge in [0, 0.05) is 11.5 Å². The van der Waals surface area contributed by atoms with E-state index in [1.807, 2.05) is 37.4 Å². The van der Waals surface area contributed by atoms with E-state index in [-0.39, 0.29) is 24.0 Å². The second-order valence-electron chi connectivity index (χ2n) is 7.10. The summed E-state index contributed by atoms with van der Waals surface area (Å²) in [5, 5.41) is 17.5. The second kappa shape index (κ2) is 11.6. The van der Waals surface area contributed by atoms with Gasteiger partial charge in [-0.15, -0.1) is 0 Å². The van der Waals surface area contributed by atoms with Gasteiger partial charge in [0.1, 0.15) is 6.79 Å². The molecule has 0 rings (SSSR count). The van der Waals surface area contributed by atoms with Gasteiger partial charge >= 0.3 is 5.97 Å². The molecule has 0 saturated carbocycles. The molecule has 0 aromatic heterocycles. The fourth-order valence-corrected chi connectivity index (χ4v) is 4.66. The number of rotatable bonds is 14. The number of hydrogen-bond acceptors (Lipinski definition) is 5. The summed E-state index contributed by atoms with van der Waals surface area (Å²) in [7, 11) is 0. The van der Waals surface area contributed by atoms with Gasteiger partial charge in [0.2, 0.25) is 0 Å². The van der Waals surface area contributed by atoms with Crippen LogP contribution in [-0.2, 0) is 9.53 Å². The van der Waals surface area contributed by atoms with Crippen LogP contribution in [0.25, 0.3) is 0 Å². The van der Waals surface area contributed by atoms with Crippen LogP contribution in [0.3, 0.4) is 0 Å². The van der Waals surface area contributed by atoms with E-state index in [2.05, 4.69) is 13.8 Å². The van der Waals surface area contributed by atoms with Crippen LogP contribution in [0.4, 0.5) is 0 Å². The van der Waals surface area contributed by atoms with Crippen molar-refractivity contribution in [2.75, 3.05) is 36.4 Å². The third kappa shape index (κ3) is 13.7. The number of carbonyl (C=O) groups is 1. The molecule has 4 nitrogen and oxygen atoms in total. The van der Waals surface area contributed by atoms with E-state index in [0.717, 1.165) is 35.9 Å².